The Morgan fingerprint density at radius 3 is 2.74 bits per heavy atom. The molecule has 8 nitrogen and oxygen atoms in total. The van der Waals surface area contributed by atoms with Gasteiger partial charge < -0.3 is 24.7 Å². The third kappa shape index (κ3) is 6.90. The van der Waals surface area contributed by atoms with Gasteiger partial charge in [-0.3, -0.25) is 9.59 Å². The number of furan rings is 1. The first-order valence-corrected chi connectivity index (χ1v) is 10.5. The van der Waals surface area contributed by atoms with Crippen molar-refractivity contribution in [2.75, 3.05) is 32.1 Å². The molecule has 0 spiro atoms. The van der Waals surface area contributed by atoms with Gasteiger partial charge in [0.25, 0.3) is 5.91 Å². The van der Waals surface area contributed by atoms with Crippen LogP contribution in [0.1, 0.15) is 22.7 Å². The molecule has 164 valence electrons. The standard InChI is InChI=1S/C21H23FN4O4S/c1-29-12-10-26(9-8-19(27)23-13-17-3-2-11-30-17)20(28)18-14-31-21(25-18)24-16-6-4-15(22)5-7-16/h2-7,11,14H,8-10,12-13H2,1H3,(H,23,27)(H,24,25). The van der Waals surface area contributed by atoms with Gasteiger partial charge >= 0.3 is 0 Å². The highest BCUT2D eigenvalue weighted by Crippen LogP contribution is 2.22. The Morgan fingerprint density at radius 1 is 1.23 bits per heavy atom. The Kier molecular flexibility index (Phi) is 8.13. The van der Waals surface area contributed by atoms with Crippen LogP contribution in [0, 0.1) is 5.82 Å². The van der Waals surface area contributed by atoms with E-state index in [1.165, 1.54) is 28.4 Å². The number of halogens is 1. The smallest absolute Gasteiger partial charge is 0.273 e. The maximum Gasteiger partial charge on any atom is 0.273 e. The van der Waals surface area contributed by atoms with Crippen molar-refractivity contribution in [3.05, 3.63) is 65.3 Å². The summed E-state index contributed by atoms with van der Waals surface area (Å²) in [6, 6.07) is 9.37. The Morgan fingerprint density at radius 2 is 2.03 bits per heavy atom. The fraction of sp³-hybridized carbons (Fsp3) is 0.286. The lowest BCUT2D eigenvalue weighted by Gasteiger charge is -2.21. The molecule has 31 heavy (non-hydrogen) atoms. The van der Waals surface area contributed by atoms with E-state index in [1.807, 2.05) is 0 Å². The van der Waals surface area contributed by atoms with Gasteiger partial charge in [0, 0.05) is 37.7 Å². The Bertz CT molecular complexity index is 976. The number of anilines is 2. The lowest BCUT2D eigenvalue weighted by molar-refractivity contribution is -0.121. The van der Waals surface area contributed by atoms with Crippen molar-refractivity contribution < 1.29 is 23.1 Å². The van der Waals surface area contributed by atoms with E-state index in [2.05, 4.69) is 15.6 Å². The third-order valence-electron chi connectivity index (χ3n) is 4.32. The molecule has 2 amide bonds. The van der Waals surface area contributed by atoms with Gasteiger partial charge in [-0.15, -0.1) is 11.3 Å². The van der Waals surface area contributed by atoms with Gasteiger partial charge in [-0.05, 0) is 36.4 Å². The van der Waals surface area contributed by atoms with Crippen molar-refractivity contribution in [3.8, 4) is 0 Å². The zero-order chi connectivity index (χ0) is 22.1. The minimum Gasteiger partial charge on any atom is -0.467 e. The third-order valence-corrected chi connectivity index (χ3v) is 5.08. The average Bonchev–Trinajstić information content (AvgIpc) is 3.46. The summed E-state index contributed by atoms with van der Waals surface area (Å²) < 4.78 is 23.3. The van der Waals surface area contributed by atoms with Crippen molar-refractivity contribution in [2.45, 2.75) is 13.0 Å². The lowest BCUT2D eigenvalue weighted by Crippen LogP contribution is -2.37. The number of thiazole rings is 1. The van der Waals surface area contributed by atoms with Crippen molar-refractivity contribution in [3.63, 3.8) is 0 Å². The Labute approximate surface area is 183 Å². The number of carbonyl (C=O) groups is 2. The number of amides is 2. The van der Waals surface area contributed by atoms with E-state index in [1.54, 1.807) is 43.0 Å². The maximum absolute atomic E-state index is 13.0. The Hall–Kier alpha value is -3.24. The van der Waals surface area contributed by atoms with Gasteiger partial charge in [0.05, 0.1) is 19.4 Å². The molecule has 0 bridgehead atoms. The van der Waals surface area contributed by atoms with Crippen LogP contribution in [0.15, 0.2) is 52.5 Å². The number of benzene rings is 1. The second-order valence-electron chi connectivity index (χ2n) is 6.56. The van der Waals surface area contributed by atoms with Crippen LogP contribution >= 0.6 is 11.3 Å². The van der Waals surface area contributed by atoms with E-state index in [9.17, 15) is 14.0 Å². The summed E-state index contributed by atoms with van der Waals surface area (Å²) in [4.78, 5) is 30.9. The van der Waals surface area contributed by atoms with Crippen LogP contribution in [0.4, 0.5) is 15.2 Å². The molecule has 0 saturated carbocycles. The number of nitrogens with one attached hydrogen (secondary N) is 2. The number of hydrogen-bond donors (Lipinski definition) is 2. The summed E-state index contributed by atoms with van der Waals surface area (Å²) in [6.07, 6.45) is 1.68. The highest BCUT2D eigenvalue weighted by Gasteiger charge is 2.20. The first-order valence-electron chi connectivity index (χ1n) is 9.60. The van der Waals surface area contributed by atoms with Crippen LogP contribution in [-0.4, -0.2) is 48.5 Å². The van der Waals surface area contributed by atoms with Crippen molar-refractivity contribution >= 4 is 34.0 Å². The molecule has 2 heterocycles. The molecule has 0 fully saturated rings. The summed E-state index contributed by atoms with van der Waals surface area (Å²) in [5.74, 6) is -0.158. The second-order valence-corrected chi connectivity index (χ2v) is 7.42. The molecule has 0 aliphatic heterocycles. The molecule has 0 aliphatic carbocycles. The predicted octanol–water partition coefficient (Wildman–Crippen LogP) is 3.41. The van der Waals surface area contributed by atoms with Crippen molar-refractivity contribution in [1.29, 1.82) is 0 Å². The molecule has 3 rings (SSSR count). The van der Waals surface area contributed by atoms with Gasteiger partial charge in [-0.2, -0.15) is 0 Å². The number of aromatic nitrogens is 1. The van der Waals surface area contributed by atoms with E-state index < -0.39 is 0 Å². The van der Waals surface area contributed by atoms with Crippen LogP contribution in [-0.2, 0) is 16.1 Å². The van der Waals surface area contributed by atoms with Gasteiger partial charge in [-0.25, -0.2) is 9.37 Å². The molecule has 10 heteroatoms. The number of nitrogens with zero attached hydrogens (tertiary/aromatic N) is 2. The zero-order valence-electron chi connectivity index (χ0n) is 17.0. The highest BCUT2D eigenvalue weighted by molar-refractivity contribution is 7.14. The Balaban J connectivity index is 1.56. The molecular weight excluding hydrogens is 423 g/mol. The molecule has 0 unspecified atom stereocenters. The number of hydrogen-bond acceptors (Lipinski definition) is 7. The largest absolute Gasteiger partial charge is 0.467 e. The highest BCUT2D eigenvalue weighted by atomic mass is 32.1. The van der Waals surface area contributed by atoms with Gasteiger partial charge in [0.2, 0.25) is 5.91 Å². The lowest BCUT2D eigenvalue weighted by atomic mass is 10.3. The summed E-state index contributed by atoms with van der Waals surface area (Å²) in [5.41, 5.74) is 0.931. The van der Waals surface area contributed by atoms with Crippen molar-refractivity contribution in [2.24, 2.45) is 0 Å². The molecule has 3 aromatic rings. The van der Waals surface area contributed by atoms with Crippen molar-refractivity contribution in [1.82, 2.24) is 15.2 Å². The zero-order valence-corrected chi connectivity index (χ0v) is 17.8. The fourth-order valence-electron chi connectivity index (χ4n) is 2.69. The van der Waals surface area contributed by atoms with Crippen LogP contribution in [0.5, 0.6) is 0 Å². The summed E-state index contributed by atoms with van der Waals surface area (Å²) in [5, 5.41) is 7.96. The maximum atomic E-state index is 13.0. The van der Waals surface area contributed by atoms with Crippen LogP contribution in [0.25, 0.3) is 0 Å². The monoisotopic (exact) mass is 446 g/mol. The minimum absolute atomic E-state index is 0.140. The minimum atomic E-state index is -0.331. The molecule has 1 aromatic carbocycles. The van der Waals surface area contributed by atoms with Crippen LogP contribution < -0.4 is 10.6 Å². The quantitative estimate of drug-likeness (QED) is 0.469. The first kappa shape index (κ1) is 22.4. The van der Waals surface area contributed by atoms with Crippen LogP contribution in [0.2, 0.25) is 0 Å². The number of carbonyl (C=O) groups excluding carboxylic acids is 2. The fourth-order valence-corrected chi connectivity index (χ4v) is 3.39. The molecule has 0 saturated heterocycles. The second kappa shape index (κ2) is 11.2. The molecule has 2 N–H and O–H groups in total. The summed E-state index contributed by atoms with van der Waals surface area (Å²) in [7, 11) is 1.55. The van der Waals surface area contributed by atoms with Crippen LogP contribution in [0.3, 0.4) is 0 Å². The summed E-state index contributed by atoms with van der Waals surface area (Å²) >= 11 is 1.26. The molecule has 2 aromatic heterocycles. The van der Waals surface area contributed by atoms with E-state index in [4.69, 9.17) is 9.15 Å². The van der Waals surface area contributed by atoms with Gasteiger partial charge in [0.1, 0.15) is 17.3 Å². The molecular formula is C21H23FN4O4S. The van der Waals surface area contributed by atoms with E-state index in [-0.39, 0.29) is 36.3 Å². The van der Waals surface area contributed by atoms with Gasteiger partial charge in [-0.1, -0.05) is 0 Å². The first-order chi connectivity index (χ1) is 15.0. The number of ether oxygens (including phenoxy) is 1. The van der Waals surface area contributed by atoms with E-state index in [0.29, 0.717) is 36.3 Å². The number of methoxy groups -OCH3 is 1. The topological polar surface area (TPSA) is 96.7 Å². The van der Waals surface area contributed by atoms with Gasteiger partial charge in [0.15, 0.2) is 5.13 Å². The van der Waals surface area contributed by atoms with E-state index >= 15 is 0 Å². The molecule has 0 atom stereocenters. The molecule has 0 aliphatic rings. The predicted molar refractivity (Wildman–Crippen MR) is 115 cm³/mol. The molecule has 0 radical (unpaired) electrons. The SMILES string of the molecule is COCCN(CCC(=O)NCc1ccco1)C(=O)c1csc(Nc2ccc(F)cc2)n1. The normalized spacial score (nSPS) is 10.6. The average molecular weight is 447 g/mol. The summed E-state index contributed by atoms with van der Waals surface area (Å²) in [6.45, 7) is 1.19. The van der Waals surface area contributed by atoms with E-state index in [0.717, 1.165) is 0 Å². The number of rotatable bonds is 11.